The Morgan fingerprint density at radius 1 is 0.879 bits per heavy atom. The van der Waals surface area contributed by atoms with Gasteiger partial charge in [0.05, 0.1) is 11.4 Å². The molecule has 0 aliphatic rings. The van der Waals surface area contributed by atoms with Crippen LogP contribution in [0.25, 0.3) is 28.3 Å². The van der Waals surface area contributed by atoms with Crippen molar-refractivity contribution in [2.24, 2.45) is 0 Å². The maximum absolute atomic E-state index is 13.8. The van der Waals surface area contributed by atoms with Crippen LogP contribution < -0.4 is 10.6 Å². The summed E-state index contributed by atoms with van der Waals surface area (Å²) in [5, 5.41) is 17.9. The predicted octanol–water partition coefficient (Wildman–Crippen LogP) is 4.78. The highest BCUT2D eigenvalue weighted by atomic mass is 19.1. The zero-order chi connectivity index (χ0) is 22.8. The smallest absolute Gasteiger partial charge is 0.308 e. The summed E-state index contributed by atoms with van der Waals surface area (Å²) in [7, 11) is 0. The van der Waals surface area contributed by atoms with Gasteiger partial charge in [-0.1, -0.05) is 12.1 Å². The van der Waals surface area contributed by atoms with Crippen molar-refractivity contribution in [3.05, 3.63) is 90.8 Å². The van der Waals surface area contributed by atoms with E-state index in [-0.39, 0.29) is 5.69 Å². The SMILES string of the molecule is O=C(Nc1cccc(-c2ccc3nnc(-c4cccnc4)n3n2)c1)Nc1cc(F)ccc1F. The second-order valence-corrected chi connectivity index (χ2v) is 7.04. The molecule has 162 valence electrons. The molecule has 5 aromatic rings. The summed E-state index contributed by atoms with van der Waals surface area (Å²) in [4.78, 5) is 16.4. The van der Waals surface area contributed by atoms with Crippen LogP contribution in [0.1, 0.15) is 0 Å². The molecule has 0 bridgehead atoms. The van der Waals surface area contributed by atoms with E-state index >= 15 is 0 Å². The summed E-state index contributed by atoms with van der Waals surface area (Å²) in [5.74, 6) is -0.850. The maximum atomic E-state index is 13.8. The molecule has 0 radical (unpaired) electrons. The Morgan fingerprint density at radius 3 is 2.61 bits per heavy atom. The summed E-state index contributed by atoms with van der Waals surface area (Å²) in [6.07, 6.45) is 3.35. The van der Waals surface area contributed by atoms with Crippen LogP contribution in [0, 0.1) is 11.6 Å². The minimum Gasteiger partial charge on any atom is -0.308 e. The minimum atomic E-state index is -0.740. The van der Waals surface area contributed by atoms with Gasteiger partial charge in [-0.05, 0) is 48.5 Å². The van der Waals surface area contributed by atoms with Crippen molar-refractivity contribution in [2.75, 3.05) is 10.6 Å². The fourth-order valence-electron chi connectivity index (χ4n) is 3.25. The topological polar surface area (TPSA) is 97.1 Å². The van der Waals surface area contributed by atoms with Gasteiger partial charge in [-0.25, -0.2) is 13.6 Å². The number of rotatable bonds is 4. The Labute approximate surface area is 185 Å². The van der Waals surface area contributed by atoms with Gasteiger partial charge in [0.2, 0.25) is 0 Å². The Morgan fingerprint density at radius 2 is 1.76 bits per heavy atom. The van der Waals surface area contributed by atoms with E-state index in [1.807, 2.05) is 12.1 Å². The van der Waals surface area contributed by atoms with Gasteiger partial charge in [0.1, 0.15) is 11.6 Å². The van der Waals surface area contributed by atoms with Crippen molar-refractivity contribution >= 4 is 23.1 Å². The second-order valence-electron chi connectivity index (χ2n) is 7.04. The van der Waals surface area contributed by atoms with Crippen molar-refractivity contribution in [1.82, 2.24) is 24.8 Å². The number of aromatic nitrogens is 5. The molecule has 2 amide bonds. The first kappa shape index (κ1) is 20.2. The zero-order valence-electron chi connectivity index (χ0n) is 16.9. The second kappa shape index (κ2) is 8.42. The molecule has 0 saturated heterocycles. The summed E-state index contributed by atoms with van der Waals surface area (Å²) >= 11 is 0. The standard InChI is InChI=1S/C23H15F2N7O/c24-16-6-7-18(25)20(12-16)28-23(33)27-17-5-1-3-14(11-17)19-8-9-21-29-30-22(32(21)31-19)15-4-2-10-26-13-15/h1-13H,(H2,27,28,33). The molecule has 0 aliphatic carbocycles. The van der Waals surface area contributed by atoms with Crippen molar-refractivity contribution in [1.29, 1.82) is 0 Å². The van der Waals surface area contributed by atoms with E-state index in [4.69, 9.17) is 0 Å². The number of pyridine rings is 1. The van der Waals surface area contributed by atoms with E-state index in [1.54, 1.807) is 53.3 Å². The van der Waals surface area contributed by atoms with Gasteiger partial charge < -0.3 is 10.6 Å². The van der Waals surface area contributed by atoms with Crippen molar-refractivity contribution in [3.63, 3.8) is 0 Å². The number of hydrogen-bond donors (Lipinski definition) is 2. The minimum absolute atomic E-state index is 0.258. The Kier molecular flexibility index (Phi) is 5.15. The Hall–Kier alpha value is -4.73. The highest BCUT2D eigenvalue weighted by Gasteiger charge is 2.12. The lowest BCUT2D eigenvalue weighted by molar-refractivity contribution is 0.262. The Balaban J connectivity index is 1.41. The molecular formula is C23H15F2N7O. The molecule has 10 heteroatoms. The van der Waals surface area contributed by atoms with Crippen LogP contribution >= 0.6 is 0 Å². The van der Waals surface area contributed by atoms with Crippen LogP contribution in [0.5, 0.6) is 0 Å². The molecule has 8 nitrogen and oxygen atoms in total. The summed E-state index contributed by atoms with van der Waals surface area (Å²) in [6.45, 7) is 0. The number of urea groups is 1. The van der Waals surface area contributed by atoms with Crippen LogP contribution in [0.2, 0.25) is 0 Å². The number of halogens is 2. The Bertz CT molecular complexity index is 1470. The van der Waals surface area contributed by atoms with E-state index in [0.717, 1.165) is 29.3 Å². The van der Waals surface area contributed by atoms with Crippen LogP contribution in [0.3, 0.4) is 0 Å². The fourth-order valence-corrected chi connectivity index (χ4v) is 3.25. The average molecular weight is 443 g/mol. The summed E-state index contributed by atoms with van der Waals surface area (Å²) in [6, 6.07) is 16.3. The lowest BCUT2D eigenvalue weighted by Crippen LogP contribution is -2.20. The van der Waals surface area contributed by atoms with E-state index in [1.165, 1.54) is 0 Å². The number of carbonyl (C=O) groups is 1. The molecule has 0 saturated carbocycles. The van der Waals surface area contributed by atoms with Crippen molar-refractivity contribution in [3.8, 4) is 22.6 Å². The first-order valence-corrected chi connectivity index (χ1v) is 9.83. The number of amides is 2. The molecule has 0 fully saturated rings. The van der Waals surface area contributed by atoms with Gasteiger partial charge in [-0.15, -0.1) is 10.2 Å². The third-order valence-electron chi connectivity index (χ3n) is 4.78. The third-order valence-corrected chi connectivity index (χ3v) is 4.78. The lowest BCUT2D eigenvalue weighted by Gasteiger charge is -2.10. The first-order chi connectivity index (χ1) is 16.1. The number of benzene rings is 2. The highest BCUT2D eigenvalue weighted by Crippen LogP contribution is 2.23. The van der Waals surface area contributed by atoms with Gasteiger partial charge in [-0.2, -0.15) is 9.61 Å². The van der Waals surface area contributed by atoms with Gasteiger partial charge in [-0.3, -0.25) is 4.98 Å². The average Bonchev–Trinajstić information content (AvgIpc) is 3.25. The summed E-state index contributed by atoms with van der Waals surface area (Å²) < 4.78 is 28.7. The zero-order valence-corrected chi connectivity index (χ0v) is 16.9. The number of hydrogen-bond acceptors (Lipinski definition) is 5. The van der Waals surface area contributed by atoms with E-state index < -0.39 is 17.7 Å². The number of fused-ring (bicyclic) bond motifs is 1. The number of nitrogens with one attached hydrogen (secondary N) is 2. The molecule has 2 N–H and O–H groups in total. The fraction of sp³-hybridized carbons (Fsp3) is 0. The molecule has 2 aromatic carbocycles. The maximum Gasteiger partial charge on any atom is 0.323 e. The van der Waals surface area contributed by atoms with Gasteiger partial charge in [0.25, 0.3) is 0 Å². The molecule has 0 aliphatic heterocycles. The third kappa shape index (κ3) is 4.22. The van der Waals surface area contributed by atoms with Gasteiger partial charge in [0.15, 0.2) is 11.5 Å². The molecule has 3 aromatic heterocycles. The normalized spacial score (nSPS) is 10.8. The molecule has 0 atom stereocenters. The highest BCUT2D eigenvalue weighted by molar-refractivity contribution is 6.00. The molecule has 5 rings (SSSR count). The predicted molar refractivity (Wildman–Crippen MR) is 118 cm³/mol. The molecule has 0 spiro atoms. The van der Waals surface area contributed by atoms with Crippen LogP contribution in [0.15, 0.2) is 79.1 Å². The summed E-state index contributed by atoms with van der Waals surface area (Å²) in [5.41, 5.74) is 2.87. The molecule has 0 unspecified atom stereocenters. The van der Waals surface area contributed by atoms with E-state index in [9.17, 15) is 13.6 Å². The molecule has 33 heavy (non-hydrogen) atoms. The number of nitrogens with zero attached hydrogens (tertiary/aromatic N) is 5. The number of anilines is 2. The van der Waals surface area contributed by atoms with Crippen LogP contribution in [-0.4, -0.2) is 30.8 Å². The van der Waals surface area contributed by atoms with Gasteiger partial charge >= 0.3 is 6.03 Å². The van der Waals surface area contributed by atoms with E-state index in [2.05, 4.69) is 30.9 Å². The molecule has 3 heterocycles. The number of carbonyl (C=O) groups excluding carboxylic acids is 1. The van der Waals surface area contributed by atoms with Gasteiger partial charge in [0, 0.05) is 35.3 Å². The first-order valence-electron chi connectivity index (χ1n) is 9.83. The monoisotopic (exact) mass is 443 g/mol. The van der Waals surface area contributed by atoms with E-state index in [0.29, 0.717) is 22.9 Å². The lowest BCUT2D eigenvalue weighted by atomic mass is 10.1. The quantitative estimate of drug-likeness (QED) is 0.417. The van der Waals surface area contributed by atoms with Crippen LogP contribution in [0.4, 0.5) is 25.0 Å². The molecular weight excluding hydrogens is 428 g/mol. The van der Waals surface area contributed by atoms with Crippen LogP contribution in [-0.2, 0) is 0 Å². The van der Waals surface area contributed by atoms with Crippen molar-refractivity contribution < 1.29 is 13.6 Å². The largest absolute Gasteiger partial charge is 0.323 e. The van der Waals surface area contributed by atoms with Crippen molar-refractivity contribution in [2.45, 2.75) is 0 Å².